The van der Waals surface area contributed by atoms with Crippen LogP contribution in [0.1, 0.15) is 55.5 Å². The van der Waals surface area contributed by atoms with Gasteiger partial charge in [0, 0.05) is 6.54 Å². The van der Waals surface area contributed by atoms with Crippen LogP contribution in [-0.2, 0) is 22.6 Å². The minimum absolute atomic E-state index is 0.0928. The molecule has 0 spiro atoms. The quantitative estimate of drug-likeness (QED) is 0.428. The van der Waals surface area contributed by atoms with E-state index in [2.05, 4.69) is 30.9 Å². The maximum absolute atomic E-state index is 13.7. The van der Waals surface area contributed by atoms with E-state index in [1.54, 1.807) is 29.9 Å². The number of ether oxygens (including phenoxy) is 3. The highest BCUT2D eigenvalue weighted by molar-refractivity contribution is 5.93. The number of aryl methyl sites for hydroxylation is 1. The fourth-order valence-electron chi connectivity index (χ4n) is 4.15. The summed E-state index contributed by atoms with van der Waals surface area (Å²) in [5, 5.41) is 14.0. The van der Waals surface area contributed by atoms with Crippen molar-refractivity contribution < 1.29 is 28.2 Å². The Balaban J connectivity index is 1.32. The van der Waals surface area contributed by atoms with Crippen molar-refractivity contribution in [3.8, 4) is 17.1 Å². The van der Waals surface area contributed by atoms with Crippen molar-refractivity contribution in [3.63, 3.8) is 0 Å². The van der Waals surface area contributed by atoms with Crippen LogP contribution in [0.3, 0.4) is 0 Å². The molecule has 3 heterocycles. The Kier molecular flexibility index (Phi) is 8.93. The molecule has 0 radical (unpaired) electrons. The maximum Gasteiger partial charge on any atom is 0.407 e. The van der Waals surface area contributed by atoms with Gasteiger partial charge < -0.3 is 24.8 Å². The lowest BCUT2D eigenvalue weighted by Gasteiger charge is -2.30. The SMILES string of the molecule is COc1cc(CNC(=O)c2cc(-c3cn(C[C@@H]4CC[C@@H](NC(=O)OC(C)(C)C)CO4)nn3)nc(C)n2)ccc1F. The Morgan fingerprint density at radius 2 is 1.98 bits per heavy atom. The molecule has 1 fully saturated rings. The summed E-state index contributed by atoms with van der Waals surface area (Å²) in [6, 6.07) is 5.82. The van der Waals surface area contributed by atoms with E-state index >= 15 is 0 Å². The summed E-state index contributed by atoms with van der Waals surface area (Å²) in [5.74, 6) is -0.380. The third kappa shape index (κ3) is 7.94. The number of nitrogens with one attached hydrogen (secondary N) is 2. The predicted molar refractivity (Wildman–Crippen MR) is 142 cm³/mol. The number of carbonyl (C=O) groups is 2. The first kappa shape index (κ1) is 28.9. The van der Waals surface area contributed by atoms with E-state index in [-0.39, 0.29) is 30.1 Å². The van der Waals surface area contributed by atoms with Gasteiger partial charge in [0.1, 0.15) is 22.8 Å². The van der Waals surface area contributed by atoms with Crippen LogP contribution in [0.25, 0.3) is 11.4 Å². The summed E-state index contributed by atoms with van der Waals surface area (Å²) < 4.78 is 31.5. The van der Waals surface area contributed by atoms with Crippen molar-refractivity contribution in [2.24, 2.45) is 0 Å². The van der Waals surface area contributed by atoms with Gasteiger partial charge >= 0.3 is 6.09 Å². The molecule has 0 saturated carbocycles. The van der Waals surface area contributed by atoms with E-state index in [4.69, 9.17) is 14.2 Å². The van der Waals surface area contributed by atoms with E-state index in [0.717, 1.165) is 12.8 Å². The zero-order chi connectivity index (χ0) is 28.9. The second kappa shape index (κ2) is 12.4. The van der Waals surface area contributed by atoms with Gasteiger partial charge in [0.25, 0.3) is 5.91 Å². The van der Waals surface area contributed by atoms with E-state index in [0.29, 0.717) is 35.9 Å². The Morgan fingerprint density at radius 1 is 1.18 bits per heavy atom. The Bertz CT molecular complexity index is 1350. The summed E-state index contributed by atoms with van der Waals surface area (Å²) in [7, 11) is 1.38. The molecule has 1 aliphatic rings. The molecule has 0 aliphatic carbocycles. The van der Waals surface area contributed by atoms with Gasteiger partial charge in [-0.2, -0.15) is 0 Å². The average Bonchev–Trinajstić information content (AvgIpc) is 3.36. The van der Waals surface area contributed by atoms with Crippen molar-refractivity contribution in [2.45, 2.75) is 71.4 Å². The molecule has 4 rings (SSSR count). The monoisotopic (exact) mass is 555 g/mol. The van der Waals surface area contributed by atoms with Gasteiger partial charge in [0.15, 0.2) is 11.6 Å². The van der Waals surface area contributed by atoms with Crippen LogP contribution in [0.4, 0.5) is 9.18 Å². The number of benzene rings is 1. The summed E-state index contributed by atoms with van der Waals surface area (Å²) in [4.78, 5) is 33.5. The molecular formula is C27H34FN7O5. The molecule has 1 aromatic carbocycles. The van der Waals surface area contributed by atoms with E-state index in [1.807, 2.05) is 20.8 Å². The second-order valence-corrected chi connectivity index (χ2v) is 10.5. The van der Waals surface area contributed by atoms with Gasteiger partial charge in [-0.1, -0.05) is 11.3 Å². The molecule has 3 aromatic rings. The number of aromatic nitrogens is 5. The van der Waals surface area contributed by atoms with Crippen LogP contribution in [0.15, 0.2) is 30.5 Å². The van der Waals surface area contributed by atoms with Crippen LogP contribution in [-0.4, -0.2) is 68.4 Å². The van der Waals surface area contributed by atoms with Crippen LogP contribution >= 0.6 is 0 Å². The molecule has 1 aliphatic heterocycles. The number of hydrogen-bond acceptors (Lipinski definition) is 9. The van der Waals surface area contributed by atoms with Crippen molar-refractivity contribution in [1.29, 1.82) is 0 Å². The van der Waals surface area contributed by atoms with Gasteiger partial charge in [-0.05, 0) is 64.3 Å². The fraction of sp³-hybridized carbons (Fsp3) is 0.481. The third-order valence-electron chi connectivity index (χ3n) is 6.02. The highest BCUT2D eigenvalue weighted by atomic mass is 19.1. The van der Waals surface area contributed by atoms with E-state index in [1.165, 1.54) is 19.2 Å². The van der Waals surface area contributed by atoms with Crippen molar-refractivity contribution in [2.75, 3.05) is 13.7 Å². The summed E-state index contributed by atoms with van der Waals surface area (Å²) in [5.41, 5.74) is 1.24. The molecular weight excluding hydrogens is 521 g/mol. The number of hydrogen-bond donors (Lipinski definition) is 2. The lowest BCUT2D eigenvalue weighted by molar-refractivity contribution is -0.0174. The van der Waals surface area contributed by atoms with Gasteiger partial charge in [0.2, 0.25) is 0 Å². The number of carbonyl (C=O) groups excluding carboxylic acids is 2. The van der Waals surface area contributed by atoms with Gasteiger partial charge in [-0.25, -0.2) is 23.8 Å². The van der Waals surface area contributed by atoms with Crippen LogP contribution in [0, 0.1) is 12.7 Å². The van der Waals surface area contributed by atoms with Gasteiger partial charge in [-0.15, -0.1) is 5.10 Å². The summed E-state index contributed by atoms with van der Waals surface area (Å²) >= 11 is 0. The molecule has 0 unspecified atom stereocenters. The predicted octanol–water partition coefficient (Wildman–Crippen LogP) is 3.19. The molecule has 2 N–H and O–H groups in total. The Hall–Kier alpha value is -4.13. The first-order valence-corrected chi connectivity index (χ1v) is 13.0. The standard InChI is InChI=1S/C27H34FN7O5/c1-16-30-21(11-22(31-16)25(36)29-12-17-6-9-20(28)24(10-17)38-5)23-14-35(34-33-23)13-19-8-7-18(15-39-19)32-26(37)40-27(2,3)4/h6,9-11,14,18-19H,7-8,12-13,15H2,1-5H3,(H,29,36)(H,32,37)/t18-,19+/m1/s1. The number of alkyl carbamates (subject to hydrolysis) is 1. The molecule has 2 amide bonds. The first-order chi connectivity index (χ1) is 19.0. The van der Waals surface area contributed by atoms with Crippen LogP contribution < -0.4 is 15.4 Å². The largest absolute Gasteiger partial charge is 0.494 e. The second-order valence-electron chi connectivity index (χ2n) is 10.5. The minimum Gasteiger partial charge on any atom is -0.494 e. The lowest BCUT2D eigenvalue weighted by atomic mass is 10.1. The number of halogens is 1. The number of methoxy groups -OCH3 is 1. The van der Waals surface area contributed by atoms with Crippen molar-refractivity contribution in [1.82, 2.24) is 35.6 Å². The smallest absolute Gasteiger partial charge is 0.407 e. The van der Waals surface area contributed by atoms with Gasteiger partial charge in [0.05, 0.1) is 44.3 Å². The normalized spacial score (nSPS) is 17.2. The van der Waals surface area contributed by atoms with Crippen molar-refractivity contribution in [3.05, 3.63) is 53.4 Å². The molecule has 40 heavy (non-hydrogen) atoms. The lowest BCUT2D eigenvalue weighted by Crippen LogP contribution is -2.45. The average molecular weight is 556 g/mol. The Labute approximate surface area is 231 Å². The Morgan fingerprint density at radius 3 is 2.67 bits per heavy atom. The van der Waals surface area contributed by atoms with Crippen LogP contribution in [0.5, 0.6) is 5.75 Å². The maximum atomic E-state index is 13.7. The minimum atomic E-state index is -0.557. The zero-order valence-corrected chi connectivity index (χ0v) is 23.2. The molecule has 214 valence electrons. The number of rotatable bonds is 8. The number of amides is 2. The fourth-order valence-corrected chi connectivity index (χ4v) is 4.15. The molecule has 1 saturated heterocycles. The van der Waals surface area contributed by atoms with Crippen molar-refractivity contribution >= 4 is 12.0 Å². The van der Waals surface area contributed by atoms with Gasteiger partial charge in [-0.3, -0.25) is 4.79 Å². The third-order valence-corrected chi connectivity index (χ3v) is 6.02. The van der Waals surface area contributed by atoms with E-state index in [9.17, 15) is 14.0 Å². The number of nitrogens with zero attached hydrogens (tertiary/aromatic N) is 5. The zero-order valence-electron chi connectivity index (χ0n) is 23.2. The molecule has 12 nitrogen and oxygen atoms in total. The molecule has 0 bridgehead atoms. The summed E-state index contributed by atoms with van der Waals surface area (Å²) in [6.07, 6.45) is 2.67. The molecule has 13 heteroatoms. The highest BCUT2D eigenvalue weighted by Crippen LogP contribution is 2.20. The van der Waals surface area contributed by atoms with E-state index < -0.39 is 23.4 Å². The molecule has 2 atom stereocenters. The summed E-state index contributed by atoms with van der Waals surface area (Å²) in [6.45, 7) is 8.16. The highest BCUT2D eigenvalue weighted by Gasteiger charge is 2.26. The topological polar surface area (TPSA) is 142 Å². The first-order valence-electron chi connectivity index (χ1n) is 13.0. The van der Waals surface area contributed by atoms with Crippen LogP contribution in [0.2, 0.25) is 0 Å². The molecule has 2 aromatic heterocycles.